The number of para-hydroxylation sites is 1. The van der Waals surface area contributed by atoms with Crippen LogP contribution in [0.15, 0.2) is 77.1 Å². The molecule has 0 fully saturated rings. The van der Waals surface area contributed by atoms with Gasteiger partial charge in [-0.3, -0.25) is 0 Å². The maximum Gasteiger partial charge on any atom is 0.430 e. The van der Waals surface area contributed by atoms with Gasteiger partial charge in [-0.2, -0.15) is 26.3 Å². The maximum atomic E-state index is 13.0. The molecule has 6 nitrogen and oxygen atoms in total. The minimum atomic E-state index is -4.80. The van der Waals surface area contributed by atoms with Crippen LogP contribution in [0.3, 0.4) is 0 Å². The van der Waals surface area contributed by atoms with E-state index in [0.29, 0.717) is 6.08 Å². The van der Waals surface area contributed by atoms with Crippen molar-refractivity contribution in [2.24, 2.45) is 22.2 Å². The van der Waals surface area contributed by atoms with E-state index >= 15 is 0 Å². The van der Waals surface area contributed by atoms with Crippen LogP contribution >= 0.6 is 11.6 Å². The van der Waals surface area contributed by atoms with Gasteiger partial charge in [-0.05, 0) is 55.0 Å². The summed E-state index contributed by atoms with van der Waals surface area (Å²) >= 11 is 6.06. The zero-order valence-corrected chi connectivity index (χ0v) is 19.9. The van der Waals surface area contributed by atoms with E-state index in [1.54, 1.807) is 12.1 Å². The second-order valence-electron chi connectivity index (χ2n) is 7.62. The molecule has 2 aromatic rings. The lowest BCUT2D eigenvalue weighted by atomic mass is 10.0. The van der Waals surface area contributed by atoms with Crippen molar-refractivity contribution in [1.82, 2.24) is 0 Å². The number of allylic oxidation sites excluding steroid dienone is 2. The number of nitrogens with two attached hydrogens (primary N) is 3. The highest BCUT2D eigenvalue weighted by atomic mass is 35.5. The maximum absolute atomic E-state index is 13.0. The molecule has 0 amide bonds. The second-order valence-corrected chi connectivity index (χ2v) is 8.03. The molecule has 37 heavy (non-hydrogen) atoms. The Morgan fingerprint density at radius 1 is 1.03 bits per heavy atom. The molecule has 2 rings (SSSR count). The van der Waals surface area contributed by atoms with Crippen molar-refractivity contribution in [2.75, 3.05) is 6.61 Å². The Hall–Kier alpha value is -3.51. The third-order valence-corrected chi connectivity index (χ3v) is 5.26. The summed E-state index contributed by atoms with van der Waals surface area (Å²) in [5.41, 5.74) is 14.1. The second kappa shape index (κ2) is 12.6. The molecule has 0 aliphatic rings. The Kier molecular flexibility index (Phi) is 10.2. The lowest BCUT2D eigenvalue weighted by Gasteiger charge is -2.18. The quantitative estimate of drug-likeness (QED) is 0.165. The third-order valence-electron chi connectivity index (χ3n) is 4.94. The highest BCUT2D eigenvalue weighted by Crippen LogP contribution is 2.28. The summed E-state index contributed by atoms with van der Waals surface area (Å²) in [5, 5.41) is 0.197. The molecule has 1 atom stereocenters. The van der Waals surface area contributed by atoms with Crippen LogP contribution in [-0.2, 0) is 4.74 Å². The van der Waals surface area contributed by atoms with Crippen LogP contribution in [-0.4, -0.2) is 36.7 Å². The summed E-state index contributed by atoms with van der Waals surface area (Å²) in [6.45, 7) is -0.216. The van der Waals surface area contributed by atoms with Crippen molar-refractivity contribution in [1.29, 1.82) is 0 Å². The van der Waals surface area contributed by atoms with E-state index in [1.165, 1.54) is 36.4 Å². The van der Waals surface area contributed by atoms with Crippen molar-refractivity contribution < 1.29 is 35.9 Å². The molecule has 0 aromatic heterocycles. The highest BCUT2D eigenvalue weighted by Gasteiger charge is 2.38. The Morgan fingerprint density at radius 3 is 2.16 bits per heavy atom. The predicted molar refractivity (Wildman–Crippen MR) is 128 cm³/mol. The average molecular weight is 549 g/mol. The number of esters is 1. The fraction of sp³-hybridized carbons (Fsp3) is 0.250. The molecule has 1 unspecified atom stereocenters. The molecule has 0 aliphatic heterocycles. The zero-order valence-electron chi connectivity index (χ0n) is 19.1. The number of aliphatic imine (C=N–C) groups is 1. The minimum Gasteiger partial charge on any atom is -0.462 e. The summed E-state index contributed by atoms with van der Waals surface area (Å²) < 4.78 is 82.3. The summed E-state index contributed by atoms with van der Waals surface area (Å²) in [6, 6.07) is 9.27. The Morgan fingerprint density at radius 2 is 1.62 bits per heavy atom. The Bertz CT molecular complexity index is 1170. The third kappa shape index (κ3) is 8.83. The highest BCUT2D eigenvalue weighted by molar-refractivity contribution is 6.33. The zero-order chi connectivity index (χ0) is 27.8. The molecule has 13 heteroatoms. The van der Waals surface area contributed by atoms with Crippen LogP contribution in [0.1, 0.15) is 28.8 Å². The average Bonchev–Trinajstić information content (AvgIpc) is 2.83. The van der Waals surface area contributed by atoms with Gasteiger partial charge in [0.15, 0.2) is 0 Å². The molecule has 0 saturated heterocycles. The number of alkyl halides is 6. The fourth-order valence-corrected chi connectivity index (χ4v) is 3.11. The van der Waals surface area contributed by atoms with Gasteiger partial charge in [0.05, 0.1) is 28.6 Å². The van der Waals surface area contributed by atoms with Crippen LogP contribution in [0.25, 0.3) is 0 Å². The van der Waals surface area contributed by atoms with Crippen LogP contribution in [0.2, 0.25) is 5.02 Å². The van der Waals surface area contributed by atoms with Crippen LogP contribution in [0, 0.1) is 0 Å². The summed E-state index contributed by atoms with van der Waals surface area (Å²) in [6.07, 6.45) is -8.14. The molecular formula is C24H23ClF6N4O2. The molecule has 200 valence electrons. The molecule has 6 N–H and O–H groups in total. The topological polar surface area (TPSA) is 117 Å². The standard InChI is InChI=1S/C24H23ClF6N4O2/c25-17-5-1-2-6-18(17)35-19(12-20(33)23(26,27)28)14-7-9-15(10-8-14)22(36)37-11-3-4-16(13-32)21(34)24(29,30)31/h1-2,5-10,12-13,21H,3-4,11,32-34H2/b16-13-,20-12?,35-19?. The number of carbonyl (C=O) groups excluding carboxylic acids is 1. The summed E-state index contributed by atoms with van der Waals surface area (Å²) in [7, 11) is 0. The number of benzene rings is 2. The first-order valence-electron chi connectivity index (χ1n) is 10.6. The van der Waals surface area contributed by atoms with Crippen molar-refractivity contribution in [3.8, 4) is 0 Å². The van der Waals surface area contributed by atoms with E-state index in [2.05, 4.69) is 4.99 Å². The number of carbonyl (C=O) groups is 1. The van der Waals surface area contributed by atoms with Gasteiger partial charge in [-0.1, -0.05) is 35.9 Å². The van der Waals surface area contributed by atoms with Gasteiger partial charge < -0.3 is 21.9 Å². The van der Waals surface area contributed by atoms with Gasteiger partial charge in [0.25, 0.3) is 0 Å². The lowest BCUT2D eigenvalue weighted by molar-refractivity contribution is -0.139. The van der Waals surface area contributed by atoms with Crippen molar-refractivity contribution in [2.45, 2.75) is 31.2 Å². The van der Waals surface area contributed by atoms with Gasteiger partial charge in [0, 0.05) is 5.56 Å². The number of hydrogen-bond acceptors (Lipinski definition) is 6. The molecule has 2 aromatic carbocycles. The first-order valence-corrected chi connectivity index (χ1v) is 11.0. The Balaban J connectivity index is 2.15. The smallest absolute Gasteiger partial charge is 0.430 e. The number of hydrogen-bond donors (Lipinski definition) is 3. The largest absolute Gasteiger partial charge is 0.462 e. The van der Waals surface area contributed by atoms with E-state index < -0.39 is 30.1 Å². The van der Waals surface area contributed by atoms with Gasteiger partial charge in [0.1, 0.15) is 11.7 Å². The molecular weight excluding hydrogens is 526 g/mol. The van der Waals surface area contributed by atoms with Crippen LogP contribution < -0.4 is 17.2 Å². The van der Waals surface area contributed by atoms with Crippen molar-refractivity contribution in [3.05, 3.63) is 88.2 Å². The van der Waals surface area contributed by atoms with Gasteiger partial charge in [-0.15, -0.1) is 0 Å². The minimum absolute atomic E-state index is 0.0345. The van der Waals surface area contributed by atoms with Gasteiger partial charge in [-0.25, -0.2) is 9.79 Å². The first kappa shape index (κ1) is 29.7. The van der Waals surface area contributed by atoms with E-state index in [-0.39, 0.29) is 52.6 Å². The van der Waals surface area contributed by atoms with Crippen molar-refractivity contribution >= 4 is 29.0 Å². The Labute approximate surface area is 213 Å². The number of nitrogens with zero attached hydrogens (tertiary/aromatic N) is 1. The van der Waals surface area contributed by atoms with Crippen LogP contribution in [0.5, 0.6) is 0 Å². The fourth-order valence-electron chi connectivity index (χ4n) is 2.94. The van der Waals surface area contributed by atoms with E-state index in [0.717, 1.165) is 6.20 Å². The summed E-state index contributed by atoms with van der Waals surface area (Å²) in [5.74, 6) is -0.792. The summed E-state index contributed by atoms with van der Waals surface area (Å²) in [4.78, 5) is 16.5. The van der Waals surface area contributed by atoms with Gasteiger partial charge >= 0.3 is 18.3 Å². The normalized spacial score (nSPS) is 14.4. The molecule has 0 spiro atoms. The lowest BCUT2D eigenvalue weighted by Crippen LogP contribution is -2.39. The monoisotopic (exact) mass is 548 g/mol. The van der Waals surface area contributed by atoms with E-state index in [9.17, 15) is 31.1 Å². The van der Waals surface area contributed by atoms with Gasteiger partial charge in [0.2, 0.25) is 0 Å². The first-order chi connectivity index (χ1) is 17.2. The molecule has 0 bridgehead atoms. The van der Waals surface area contributed by atoms with Crippen molar-refractivity contribution in [3.63, 3.8) is 0 Å². The molecule has 0 saturated carbocycles. The van der Waals surface area contributed by atoms with E-state index in [1.807, 2.05) is 0 Å². The number of halogens is 7. The molecule has 0 aliphatic carbocycles. The number of ether oxygens (including phenoxy) is 1. The number of rotatable bonds is 9. The van der Waals surface area contributed by atoms with E-state index in [4.69, 9.17) is 33.5 Å². The molecule has 0 radical (unpaired) electrons. The SMILES string of the molecule is N/C=C(/CCCOC(=O)c1ccc(C(C=C(N)C(F)(F)F)=Nc2ccccc2Cl)cc1)C(N)C(F)(F)F. The predicted octanol–water partition coefficient (Wildman–Crippen LogP) is 5.53. The molecule has 0 heterocycles. The van der Waals surface area contributed by atoms with Crippen LogP contribution in [0.4, 0.5) is 32.0 Å².